The molecule has 2 heterocycles. The van der Waals surface area contributed by atoms with E-state index in [1.165, 1.54) is 11.8 Å². The Morgan fingerprint density at radius 3 is 2.68 bits per heavy atom. The topological polar surface area (TPSA) is 64.8 Å². The van der Waals surface area contributed by atoms with Gasteiger partial charge < -0.3 is 18.9 Å². The van der Waals surface area contributed by atoms with Crippen LogP contribution in [-0.2, 0) is 6.42 Å². The van der Waals surface area contributed by atoms with Crippen molar-refractivity contribution in [3.05, 3.63) is 41.3 Å². The average Bonchev–Trinajstić information content (AvgIpc) is 3.08. The molecule has 0 unspecified atom stereocenters. The highest BCUT2D eigenvalue weighted by Gasteiger charge is 2.31. The molecule has 0 fully saturated rings. The zero-order valence-corrected chi connectivity index (χ0v) is 12.8. The molecule has 0 saturated carbocycles. The Morgan fingerprint density at radius 2 is 2.05 bits per heavy atom. The van der Waals surface area contributed by atoms with Crippen LogP contribution in [0.5, 0.6) is 11.5 Å². The third kappa shape index (κ3) is 2.30. The molecule has 0 bridgehead atoms. The first-order valence-corrected chi connectivity index (χ1v) is 7.12. The second-order valence-electron chi connectivity index (χ2n) is 5.21. The van der Waals surface area contributed by atoms with Gasteiger partial charge in [0.2, 0.25) is 5.76 Å². The summed E-state index contributed by atoms with van der Waals surface area (Å²) in [6.45, 7) is 2.63. The molecule has 0 N–H and O–H groups in total. The van der Waals surface area contributed by atoms with E-state index in [1.54, 1.807) is 25.2 Å². The number of fused-ring (bicyclic) bond motifs is 1. The SMILES string of the molecule is COc1cc2c(cc1OC)[C@H](C)N(C(=O)c1ccno1)CC2. The summed E-state index contributed by atoms with van der Waals surface area (Å²) < 4.78 is 15.7. The molecule has 1 aliphatic heterocycles. The number of methoxy groups -OCH3 is 2. The van der Waals surface area contributed by atoms with Crippen LogP contribution in [0.3, 0.4) is 0 Å². The summed E-state index contributed by atoms with van der Waals surface area (Å²) in [7, 11) is 3.23. The van der Waals surface area contributed by atoms with Crippen molar-refractivity contribution in [3.8, 4) is 11.5 Å². The van der Waals surface area contributed by atoms with Crippen molar-refractivity contribution >= 4 is 5.91 Å². The third-order valence-corrected chi connectivity index (χ3v) is 4.09. The molecule has 0 saturated heterocycles. The molecule has 1 atom stereocenters. The lowest BCUT2D eigenvalue weighted by molar-refractivity contribution is 0.0634. The van der Waals surface area contributed by atoms with Gasteiger partial charge in [0.25, 0.3) is 5.91 Å². The lowest BCUT2D eigenvalue weighted by Crippen LogP contribution is -2.38. The van der Waals surface area contributed by atoms with E-state index < -0.39 is 0 Å². The second kappa shape index (κ2) is 5.71. The molecule has 6 heteroatoms. The Morgan fingerprint density at radius 1 is 1.32 bits per heavy atom. The van der Waals surface area contributed by atoms with E-state index in [9.17, 15) is 4.79 Å². The number of hydrogen-bond donors (Lipinski definition) is 0. The Hall–Kier alpha value is -2.50. The van der Waals surface area contributed by atoms with E-state index in [0.29, 0.717) is 18.0 Å². The smallest absolute Gasteiger partial charge is 0.292 e. The summed E-state index contributed by atoms with van der Waals surface area (Å²) >= 11 is 0. The first-order valence-electron chi connectivity index (χ1n) is 7.12. The molecule has 6 nitrogen and oxygen atoms in total. The number of rotatable bonds is 3. The molecule has 0 radical (unpaired) electrons. The average molecular weight is 302 g/mol. The Kier molecular flexibility index (Phi) is 3.75. The van der Waals surface area contributed by atoms with Crippen LogP contribution < -0.4 is 9.47 Å². The van der Waals surface area contributed by atoms with Gasteiger partial charge in [0.05, 0.1) is 26.5 Å². The third-order valence-electron chi connectivity index (χ3n) is 4.09. The second-order valence-corrected chi connectivity index (χ2v) is 5.21. The van der Waals surface area contributed by atoms with Crippen molar-refractivity contribution in [2.24, 2.45) is 0 Å². The van der Waals surface area contributed by atoms with E-state index in [-0.39, 0.29) is 17.7 Å². The number of hydrogen-bond acceptors (Lipinski definition) is 5. The highest BCUT2D eigenvalue weighted by Crippen LogP contribution is 2.38. The van der Waals surface area contributed by atoms with Gasteiger partial charge in [0.1, 0.15) is 0 Å². The summed E-state index contributed by atoms with van der Waals surface area (Å²) in [6, 6.07) is 5.44. The molecule has 1 aromatic carbocycles. The molecule has 1 aromatic heterocycles. The molecule has 22 heavy (non-hydrogen) atoms. The number of aromatic nitrogens is 1. The van der Waals surface area contributed by atoms with Crippen LogP contribution in [0.4, 0.5) is 0 Å². The van der Waals surface area contributed by atoms with Crippen molar-refractivity contribution in [2.45, 2.75) is 19.4 Å². The fraction of sp³-hybridized carbons (Fsp3) is 0.375. The van der Waals surface area contributed by atoms with Crippen LogP contribution in [0.15, 0.2) is 28.9 Å². The fourth-order valence-corrected chi connectivity index (χ4v) is 2.89. The van der Waals surface area contributed by atoms with E-state index in [4.69, 9.17) is 14.0 Å². The Balaban J connectivity index is 1.95. The summed E-state index contributed by atoms with van der Waals surface area (Å²) in [5.41, 5.74) is 2.24. The van der Waals surface area contributed by atoms with Gasteiger partial charge in [0, 0.05) is 12.6 Å². The van der Waals surface area contributed by atoms with Crippen molar-refractivity contribution in [1.82, 2.24) is 10.1 Å². The standard InChI is InChI=1S/C16H18N2O4/c1-10-12-9-15(21-3)14(20-2)8-11(12)5-7-18(10)16(19)13-4-6-17-22-13/h4,6,8-10H,5,7H2,1-3H3/t10-/m0/s1. The molecular weight excluding hydrogens is 284 g/mol. The lowest BCUT2D eigenvalue weighted by Gasteiger charge is -2.35. The van der Waals surface area contributed by atoms with Gasteiger partial charge >= 0.3 is 0 Å². The van der Waals surface area contributed by atoms with Gasteiger partial charge in [-0.3, -0.25) is 4.79 Å². The maximum Gasteiger partial charge on any atom is 0.292 e. The van der Waals surface area contributed by atoms with Crippen LogP contribution in [0.25, 0.3) is 0 Å². The number of amides is 1. The van der Waals surface area contributed by atoms with Gasteiger partial charge in [-0.2, -0.15) is 0 Å². The van der Waals surface area contributed by atoms with Crippen LogP contribution in [0.1, 0.15) is 34.6 Å². The number of ether oxygens (including phenoxy) is 2. The van der Waals surface area contributed by atoms with Crippen LogP contribution in [0.2, 0.25) is 0 Å². The predicted molar refractivity (Wildman–Crippen MR) is 79.2 cm³/mol. The van der Waals surface area contributed by atoms with Crippen LogP contribution >= 0.6 is 0 Å². The largest absolute Gasteiger partial charge is 0.493 e. The minimum Gasteiger partial charge on any atom is -0.493 e. The molecular formula is C16H18N2O4. The molecule has 1 aliphatic rings. The quantitative estimate of drug-likeness (QED) is 0.871. The maximum atomic E-state index is 12.5. The van der Waals surface area contributed by atoms with E-state index in [1.807, 2.05) is 19.1 Å². The van der Waals surface area contributed by atoms with E-state index in [2.05, 4.69) is 5.16 Å². The molecule has 1 amide bonds. The fourth-order valence-electron chi connectivity index (χ4n) is 2.89. The minimum absolute atomic E-state index is 0.0684. The summed E-state index contributed by atoms with van der Waals surface area (Å²) in [5, 5.41) is 3.60. The monoisotopic (exact) mass is 302 g/mol. The van der Waals surface area contributed by atoms with E-state index >= 15 is 0 Å². The van der Waals surface area contributed by atoms with Gasteiger partial charge in [0.15, 0.2) is 11.5 Å². The molecule has 0 aliphatic carbocycles. The first kappa shape index (κ1) is 14.4. The van der Waals surface area contributed by atoms with Crippen LogP contribution in [-0.4, -0.2) is 36.7 Å². The van der Waals surface area contributed by atoms with Gasteiger partial charge in [-0.1, -0.05) is 5.16 Å². The number of carbonyl (C=O) groups excluding carboxylic acids is 1. The predicted octanol–water partition coefficient (Wildman–Crippen LogP) is 2.45. The number of nitrogens with zero attached hydrogens (tertiary/aromatic N) is 2. The van der Waals surface area contributed by atoms with Crippen molar-refractivity contribution < 1.29 is 18.8 Å². The van der Waals surface area contributed by atoms with Crippen LogP contribution in [0, 0.1) is 0 Å². The van der Waals surface area contributed by atoms with Crippen molar-refractivity contribution in [2.75, 3.05) is 20.8 Å². The Bertz CT molecular complexity index is 682. The first-order chi connectivity index (χ1) is 10.7. The highest BCUT2D eigenvalue weighted by atomic mass is 16.5. The normalized spacial score (nSPS) is 17.0. The van der Waals surface area contributed by atoms with Gasteiger partial charge in [-0.15, -0.1) is 0 Å². The molecule has 2 aromatic rings. The minimum atomic E-state index is -0.148. The number of benzene rings is 1. The van der Waals surface area contributed by atoms with Crippen molar-refractivity contribution in [3.63, 3.8) is 0 Å². The highest BCUT2D eigenvalue weighted by molar-refractivity contribution is 5.91. The molecule has 116 valence electrons. The summed E-state index contributed by atoms with van der Waals surface area (Å²) in [6.07, 6.45) is 2.24. The zero-order chi connectivity index (χ0) is 15.7. The summed E-state index contributed by atoms with van der Waals surface area (Å²) in [5.74, 6) is 1.49. The molecule has 3 rings (SSSR count). The molecule has 0 spiro atoms. The summed E-state index contributed by atoms with van der Waals surface area (Å²) in [4.78, 5) is 14.3. The Labute approximate surface area is 128 Å². The maximum absolute atomic E-state index is 12.5. The van der Waals surface area contributed by atoms with Gasteiger partial charge in [-0.05, 0) is 36.6 Å². The van der Waals surface area contributed by atoms with E-state index in [0.717, 1.165) is 12.0 Å². The van der Waals surface area contributed by atoms with Crippen molar-refractivity contribution in [1.29, 1.82) is 0 Å². The lowest BCUT2D eigenvalue weighted by atomic mass is 9.92. The zero-order valence-electron chi connectivity index (χ0n) is 12.8. The number of carbonyl (C=O) groups is 1. The van der Waals surface area contributed by atoms with Gasteiger partial charge in [-0.25, -0.2) is 0 Å².